The van der Waals surface area contributed by atoms with Gasteiger partial charge < -0.3 is 15.2 Å². The minimum atomic E-state index is 0.0107. The quantitative estimate of drug-likeness (QED) is 0.736. The van der Waals surface area contributed by atoms with Crippen molar-refractivity contribution in [3.63, 3.8) is 0 Å². The van der Waals surface area contributed by atoms with Crippen molar-refractivity contribution in [3.8, 4) is 0 Å². The van der Waals surface area contributed by atoms with E-state index in [1.54, 1.807) is 0 Å². The second kappa shape index (κ2) is 4.81. The fourth-order valence-corrected chi connectivity index (χ4v) is 3.24. The molecule has 2 fully saturated rings. The van der Waals surface area contributed by atoms with Crippen LogP contribution in [0, 0.1) is 11.3 Å². The van der Waals surface area contributed by atoms with Crippen molar-refractivity contribution in [1.29, 1.82) is 0 Å². The van der Waals surface area contributed by atoms with Gasteiger partial charge in [-0.05, 0) is 25.8 Å². The topological polar surface area (TPSA) is 41.5 Å². The van der Waals surface area contributed by atoms with Gasteiger partial charge in [-0.15, -0.1) is 0 Å². The Morgan fingerprint density at radius 3 is 2.40 bits per heavy atom. The summed E-state index contributed by atoms with van der Waals surface area (Å²) in [6.07, 6.45) is 6.71. The summed E-state index contributed by atoms with van der Waals surface area (Å²) in [5.74, 6) is 0.736. The second-order valence-electron chi connectivity index (χ2n) is 5.18. The van der Waals surface area contributed by atoms with Crippen molar-refractivity contribution in [2.75, 3.05) is 26.9 Å². The molecule has 15 heavy (non-hydrogen) atoms. The Bertz CT molecular complexity index is 192. The zero-order valence-corrected chi connectivity index (χ0v) is 9.67. The fraction of sp³-hybridized carbons (Fsp3) is 1.00. The monoisotopic (exact) mass is 213 g/mol. The summed E-state index contributed by atoms with van der Waals surface area (Å²) < 4.78 is 5.30. The predicted octanol–water partition coefficient (Wildman–Crippen LogP) is 1.16. The van der Waals surface area contributed by atoms with E-state index in [2.05, 4.69) is 5.32 Å². The maximum absolute atomic E-state index is 9.55. The van der Waals surface area contributed by atoms with Gasteiger partial charge >= 0.3 is 0 Å². The van der Waals surface area contributed by atoms with Crippen molar-refractivity contribution in [3.05, 3.63) is 0 Å². The lowest BCUT2D eigenvalue weighted by molar-refractivity contribution is -0.164. The Morgan fingerprint density at radius 1 is 1.33 bits per heavy atom. The molecule has 1 saturated carbocycles. The number of hydrogen-bond acceptors (Lipinski definition) is 3. The molecule has 2 rings (SSSR count). The molecule has 1 unspecified atom stereocenters. The summed E-state index contributed by atoms with van der Waals surface area (Å²) in [6.45, 7) is 1.71. The fourth-order valence-electron chi connectivity index (χ4n) is 3.24. The molecule has 0 bridgehead atoms. The highest BCUT2D eigenvalue weighted by Crippen LogP contribution is 2.39. The molecule has 0 amide bonds. The van der Waals surface area contributed by atoms with Gasteiger partial charge in [0.05, 0.1) is 25.2 Å². The normalized spacial score (nSPS) is 28.4. The molecule has 88 valence electrons. The maximum atomic E-state index is 9.55. The zero-order valence-electron chi connectivity index (χ0n) is 9.67. The van der Waals surface area contributed by atoms with Gasteiger partial charge in [-0.25, -0.2) is 0 Å². The Kier molecular flexibility index (Phi) is 3.65. The smallest absolute Gasteiger partial charge is 0.0582 e. The van der Waals surface area contributed by atoms with Crippen LogP contribution in [0.3, 0.4) is 0 Å². The van der Waals surface area contributed by atoms with E-state index in [0.29, 0.717) is 6.04 Å². The Balaban J connectivity index is 2.01. The van der Waals surface area contributed by atoms with Crippen LogP contribution in [-0.2, 0) is 4.74 Å². The van der Waals surface area contributed by atoms with E-state index in [4.69, 9.17) is 4.74 Å². The highest BCUT2D eigenvalue weighted by Gasteiger charge is 2.47. The van der Waals surface area contributed by atoms with Crippen LogP contribution in [0.4, 0.5) is 0 Å². The zero-order chi connectivity index (χ0) is 10.7. The molecule has 2 aliphatic rings. The van der Waals surface area contributed by atoms with Crippen LogP contribution in [0.2, 0.25) is 0 Å². The first-order valence-electron chi connectivity index (χ1n) is 6.18. The number of nitrogens with one attached hydrogen (secondary N) is 1. The van der Waals surface area contributed by atoms with Crippen LogP contribution in [0.15, 0.2) is 0 Å². The molecule has 0 radical (unpaired) electrons. The maximum Gasteiger partial charge on any atom is 0.0582 e. The number of rotatable bonds is 4. The standard InChI is InChI=1S/C12H23NO2/c1-13-11(10-5-3-2-4-6-10)12(7-14)8-15-9-12/h10-11,13-14H,2-9H2,1H3. The van der Waals surface area contributed by atoms with E-state index < -0.39 is 0 Å². The molecular weight excluding hydrogens is 190 g/mol. The molecule has 2 N–H and O–H groups in total. The van der Waals surface area contributed by atoms with Crippen molar-refractivity contribution in [2.24, 2.45) is 11.3 Å². The molecule has 0 aromatic heterocycles. The van der Waals surface area contributed by atoms with Gasteiger partial charge in [-0.2, -0.15) is 0 Å². The molecule has 1 atom stereocenters. The van der Waals surface area contributed by atoms with Crippen LogP contribution in [0.1, 0.15) is 32.1 Å². The van der Waals surface area contributed by atoms with E-state index in [1.807, 2.05) is 7.05 Å². The Morgan fingerprint density at radius 2 is 2.00 bits per heavy atom. The van der Waals surface area contributed by atoms with Crippen LogP contribution in [-0.4, -0.2) is 38.0 Å². The van der Waals surface area contributed by atoms with Gasteiger partial charge in [0, 0.05) is 6.04 Å². The molecule has 1 saturated heterocycles. The number of aliphatic hydroxyl groups excluding tert-OH is 1. The van der Waals surface area contributed by atoms with E-state index in [9.17, 15) is 5.11 Å². The Labute approximate surface area is 92.2 Å². The third-order valence-corrected chi connectivity index (χ3v) is 4.19. The summed E-state index contributed by atoms with van der Waals surface area (Å²) in [6, 6.07) is 0.441. The molecule has 0 aromatic carbocycles. The summed E-state index contributed by atoms with van der Waals surface area (Å²) in [4.78, 5) is 0. The van der Waals surface area contributed by atoms with E-state index >= 15 is 0 Å². The minimum absolute atomic E-state index is 0.0107. The predicted molar refractivity (Wildman–Crippen MR) is 59.8 cm³/mol. The lowest BCUT2D eigenvalue weighted by atomic mass is 9.69. The van der Waals surface area contributed by atoms with Gasteiger partial charge in [0.2, 0.25) is 0 Å². The summed E-state index contributed by atoms with van der Waals surface area (Å²) in [7, 11) is 2.02. The Hall–Kier alpha value is -0.120. The van der Waals surface area contributed by atoms with Crippen LogP contribution in [0.25, 0.3) is 0 Å². The van der Waals surface area contributed by atoms with E-state index in [1.165, 1.54) is 32.1 Å². The van der Waals surface area contributed by atoms with Crippen molar-refractivity contribution in [2.45, 2.75) is 38.1 Å². The highest BCUT2D eigenvalue weighted by atomic mass is 16.5. The van der Waals surface area contributed by atoms with Gasteiger partial charge in [-0.3, -0.25) is 0 Å². The number of hydrogen-bond donors (Lipinski definition) is 2. The van der Waals surface area contributed by atoms with Crippen LogP contribution < -0.4 is 5.32 Å². The highest BCUT2D eigenvalue weighted by molar-refractivity contribution is 4.99. The molecule has 0 aromatic rings. The van der Waals surface area contributed by atoms with Gasteiger partial charge in [-0.1, -0.05) is 19.3 Å². The van der Waals surface area contributed by atoms with Crippen molar-refractivity contribution < 1.29 is 9.84 Å². The molecule has 1 heterocycles. The van der Waals surface area contributed by atoms with Gasteiger partial charge in [0.25, 0.3) is 0 Å². The third kappa shape index (κ3) is 2.05. The van der Waals surface area contributed by atoms with Crippen LogP contribution in [0.5, 0.6) is 0 Å². The second-order valence-corrected chi connectivity index (χ2v) is 5.18. The number of aliphatic hydroxyl groups is 1. The minimum Gasteiger partial charge on any atom is -0.396 e. The number of ether oxygens (including phenoxy) is 1. The lowest BCUT2D eigenvalue weighted by Gasteiger charge is -2.49. The SMILES string of the molecule is CNC(C1CCCCC1)C1(CO)COC1. The first-order chi connectivity index (χ1) is 7.32. The summed E-state index contributed by atoms with van der Waals surface area (Å²) >= 11 is 0. The average Bonchev–Trinajstić information content (AvgIpc) is 2.24. The van der Waals surface area contributed by atoms with E-state index in [0.717, 1.165) is 19.1 Å². The molecule has 3 nitrogen and oxygen atoms in total. The van der Waals surface area contributed by atoms with Gasteiger partial charge in [0.15, 0.2) is 0 Å². The first kappa shape index (κ1) is 11.4. The van der Waals surface area contributed by atoms with Gasteiger partial charge in [0.1, 0.15) is 0 Å². The largest absolute Gasteiger partial charge is 0.396 e. The molecule has 1 aliphatic heterocycles. The molecular formula is C12H23NO2. The first-order valence-corrected chi connectivity index (χ1v) is 6.18. The third-order valence-electron chi connectivity index (χ3n) is 4.19. The summed E-state index contributed by atoms with van der Waals surface area (Å²) in [5, 5.41) is 13.0. The molecule has 3 heteroatoms. The molecule has 1 aliphatic carbocycles. The van der Waals surface area contributed by atoms with Crippen molar-refractivity contribution in [1.82, 2.24) is 5.32 Å². The average molecular weight is 213 g/mol. The molecule has 0 spiro atoms. The lowest BCUT2D eigenvalue weighted by Crippen LogP contribution is -2.61. The van der Waals surface area contributed by atoms with Crippen molar-refractivity contribution >= 4 is 0 Å². The summed E-state index contributed by atoms with van der Waals surface area (Å²) in [5.41, 5.74) is 0.0107. The van der Waals surface area contributed by atoms with E-state index in [-0.39, 0.29) is 12.0 Å². The van der Waals surface area contributed by atoms with Crippen LogP contribution >= 0.6 is 0 Å².